The van der Waals surface area contributed by atoms with E-state index < -0.39 is 6.10 Å². The van der Waals surface area contributed by atoms with Crippen molar-refractivity contribution in [1.82, 2.24) is 0 Å². The van der Waals surface area contributed by atoms with Crippen molar-refractivity contribution < 1.29 is 19.0 Å². The molecule has 2 rings (SSSR count). The molecule has 0 bridgehead atoms. The quantitative estimate of drug-likeness (QED) is 0.767. The second-order valence-corrected chi connectivity index (χ2v) is 3.63. The van der Waals surface area contributed by atoms with Crippen molar-refractivity contribution in [2.45, 2.75) is 12.7 Å². The van der Waals surface area contributed by atoms with Crippen LogP contribution in [0.5, 0.6) is 5.75 Å². The summed E-state index contributed by atoms with van der Waals surface area (Å²) in [7, 11) is 1.63. The van der Waals surface area contributed by atoms with Gasteiger partial charge < -0.3 is 14.2 Å². The van der Waals surface area contributed by atoms with Crippen LogP contribution in [-0.2, 0) is 20.9 Å². The predicted molar refractivity (Wildman–Crippen MR) is 57.4 cm³/mol. The zero-order valence-electron chi connectivity index (χ0n) is 9.14. The van der Waals surface area contributed by atoms with Crippen molar-refractivity contribution in [2.24, 2.45) is 0 Å². The average molecular weight is 222 g/mol. The van der Waals surface area contributed by atoms with Gasteiger partial charge in [0.25, 0.3) is 0 Å². The Kier molecular flexibility index (Phi) is 3.54. The second-order valence-electron chi connectivity index (χ2n) is 3.63. The van der Waals surface area contributed by atoms with E-state index in [2.05, 4.69) is 0 Å². The van der Waals surface area contributed by atoms with E-state index in [0.717, 1.165) is 11.3 Å². The Balaban J connectivity index is 1.86. The monoisotopic (exact) mass is 222 g/mol. The molecule has 1 aromatic carbocycles. The first-order valence-corrected chi connectivity index (χ1v) is 5.14. The molecule has 1 aromatic rings. The fraction of sp³-hybridized carbons (Fsp3) is 0.417. The smallest absolute Gasteiger partial charge is 0.189 e. The number of benzene rings is 1. The minimum atomic E-state index is -0.401. The highest BCUT2D eigenvalue weighted by atomic mass is 16.6. The van der Waals surface area contributed by atoms with Crippen molar-refractivity contribution in [3.8, 4) is 5.75 Å². The molecule has 1 aliphatic rings. The summed E-state index contributed by atoms with van der Waals surface area (Å²) in [5.41, 5.74) is 1.01. The Morgan fingerprint density at radius 2 is 2.12 bits per heavy atom. The highest BCUT2D eigenvalue weighted by Crippen LogP contribution is 2.13. The van der Waals surface area contributed by atoms with Gasteiger partial charge in [0, 0.05) is 0 Å². The molecule has 0 N–H and O–H groups in total. The standard InChI is InChI=1S/C12H14O4/c1-14-10-4-2-9(3-5-10)6-16-12-8-15-7-11(12)13/h2-5,12H,6-8H2,1H3. The van der Waals surface area contributed by atoms with Crippen LogP contribution in [0.4, 0.5) is 0 Å². The normalized spacial score (nSPS) is 20.1. The van der Waals surface area contributed by atoms with Crippen LogP contribution in [0.3, 0.4) is 0 Å². The summed E-state index contributed by atoms with van der Waals surface area (Å²) >= 11 is 0. The van der Waals surface area contributed by atoms with Crippen LogP contribution in [0.15, 0.2) is 24.3 Å². The lowest BCUT2D eigenvalue weighted by atomic mass is 10.2. The molecule has 1 aliphatic heterocycles. The van der Waals surface area contributed by atoms with Crippen LogP contribution in [0, 0.1) is 0 Å². The molecular weight excluding hydrogens is 208 g/mol. The van der Waals surface area contributed by atoms with Crippen molar-refractivity contribution in [2.75, 3.05) is 20.3 Å². The molecule has 0 aliphatic carbocycles. The first-order valence-electron chi connectivity index (χ1n) is 5.14. The third-order valence-electron chi connectivity index (χ3n) is 2.48. The lowest BCUT2D eigenvalue weighted by Crippen LogP contribution is -2.21. The first-order chi connectivity index (χ1) is 7.79. The average Bonchev–Trinajstić information content (AvgIpc) is 2.73. The minimum Gasteiger partial charge on any atom is -0.497 e. The van der Waals surface area contributed by atoms with E-state index in [4.69, 9.17) is 14.2 Å². The molecule has 1 saturated heterocycles. The molecule has 1 fully saturated rings. The van der Waals surface area contributed by atoms with Gasteiger partial charge in [-0.05, 0) is 17.7 Å². The van der Waals surface area contributed by atoms with Gasteiger partial charge in [-0.15, -0.1) is 0 Å². The second kappa shape index (κ2) is 5.09. The van der Waals surface area contributed by atoms with Crippen molar-refractivity contribution in [3.63, 3.8) is 0 Å². The van der Waals surface area contributed by atoms with Gasteiger partial charge >= 0.3 is 0 Å². The number of Topliss-reactive ketones (excluding diaryl/α,β-unsaturated/α-hetero) is 1. The summed E-state index contributed by atoms with van der Waals surface area (Å²) in [6.07, 6.45) is -0.401. The summed E-state index contributed by atoms with van der Waals surface area (Å²) in [5, 5.41) is 0. The van der Waals surface area contributed by atoms with E-state index in [0.29, 0.717) is 13.2 Å². The van der Waals surface area contributed by atoms with Crippen LogP contribution in [0.2, 0.25) is 0 Å². The zero-order chi connectivity index (χ0) is 11.4. The zero-order valence-corrected chi connectivity index (χ0v) is 9.14. The summed E-state index contributed by atoms with van der Waals surface area (Å²) in [6, 6.07) is 7.57. The molecule has 4 nitrogen and oxygen atoms in total. The molecule has 1 unspecified atom stereocenters. The van der Waals surface area contributed by atoms with Crippen LogP contribution in [-0.4, -0.2) is 32.2 Å². The largest absolute Gasteiger partial charge is 0.497 e. The molecule has 16 heavy (non-hydrogen) atoms. The maximum Gasteiger partial charge on any atom is 0.189 e. The Morgan fingerprint density at radius 3 is 2.69 bits per heavy atom. The highest BCUT2D eigenvalue weighted by Gasteiger charge is 2.25. The van der Waals surface area contributed by atoms with E-state index in [1.165, 1.54) is 0 Å². The number of hydrogen-bond acceptors (Lipinski definition) is 4. The fourth-order valence-corrected chi connectivity index (χ4v) is 1.51. The molecule has 0 spiro atoms. The number of carbonyl (C=O) groups is 1. The van der Waals surface area contributed by atoms with Gasteiger partial charge in [-0.1, -0.05) is 12.1 Å². The van der Waals surface area contributed by atoms with E-state index in [1.807, 2.05) is 24.3 Å². The number of hydrogen-bond donors (Lipinski definition) is 0. The lowest BCUT2D eigenvalue weighted by molar-refractivity contribution is -0.126. The first kappa shape index (κ1) is 11.1. The van der Waals surface area contributed by atoms with E-state index in [-0.39, 0.29) is 12.4 Å². The highest BCUT2D eigenvalue weighted by molar-refractivity contribution is 5.85. The number of ether oxygens (including phenoxy) is 3. The summed E-state index contributed by atoms with van der Waals surface area (Å²) < 4.78 is 15.5. The van der Waals surface area contributed by atoms with Crippen LogP contribution in [0.1, 0.15) is 5.56 Å². The molecule has 1 atom stereocenters. The molecule has 0 amide bonds. The molecule has 0 radical (unpaired) electrons. The lowest BCUT2D eigenvalue weighted by Gasteiger charge is -2.09. The van der Waals surface area contributed by atoms with Crippen molar-refractivity contribution in [1.29, 1.82) is 0 Å². The SMILES string of the molecule is COc1ccc(COC2COCC2=O)cc1. The van der Waals surface area contributed by atoms with Crippen LogP contribution < -0.4 is 4.74 Å². The number of carbonyl (C=O) groups excluding carboxylic acids is 1. The third kappa shape index (κ3) is 2.59. The van der Waals surface area contributed by atoms with Crippen molar-refractivity contribution in [3.05, 3.63) is 29.8 Å². The maximum absolute atomic E-state index is 11.2. The predicted octanol–water partition coefficient (Wildman–Crippen LogP) is 1.18. The molecular formula is C12H14O4. The number of rotatable bonds is 4. The molecule has 1 heterocycles. The van der Waals surface area contributed by atoms with Gasteiger partial charge in [0.05, 0.1) is 20.3 Å². The van der Waals surface area contributed by atoms with Crippen LogP contribution in [0.25, 0.3) is 0 Å². The fourth-order valence-electron chi connectivity index (χ4n) is 1.51. The Labute approximate surface area is 94.1 Å². The van der Waals surface area contributed by atoms with Gasteiger partial charge in [-0.3, -0.25) is 4.79 Å². The molecule has 86 valence electrons. The number of methoxy groups -OCH3 is 1. The summed E-state index contributed by atoms with van der Waals surface area (Å²) in [4.78, 5) is 11.2. The number of ketones is 1. The topological polar surface area (TPSA) is 44.8 Å². The van der Waals surface area contributed by atoms with Gasteiger partial charge in [0.15, 0.2) is 5.78 Å². The van der Waals surface area contributed by atoms with Gasteiger partial charge in [0.2, 0.25) is 0 Å². The van der Waals surface area contributed by atoms with Gasteiger partial charge in [0.1, 0.15) is 18.5 Å². The van der Waals surface area contributed by atoms with E-state index in [1.54, 1.807) is 7.11 Å². The molecule has 0 saturated carbocycles. The molecule has 4 heteroatoms. The Hall–Kier alpha value is -1.39. The van der Waals surface area contributed by atoms with Gasteiger partial charge in [-0.25, -0.2) is 0 Å². The van der Waals surface area contributed by atoms with Crippen LogP contribution >= 0.6 is 0 Å². The maximum atomic E-state index is 11.2. The Morgan fingerprint density at radius 1 is 1.38 bits per heavy atom. The van der Waals surface area contributed by atoms with E-state index in [9.17, 15) is 4.79 Å². The van der Waals surface area contributed by atoms with Crippen molar-refractivity contribution >= 4 is 5.78 Å². The minimum absolute atomic E-state index is 0.0218. The third-order valence-corrected chi connectivity index (χ3v) is 2.48. The van der Waals surface area contributed by atoms with Gasteiger partial charge in [-0.2, -0.15) is 0 Å². The molecule has 0 aromatic heterocycles. The summed E-state index contributed by atoms with van der Waals surface area (Å²) in [5.74, 6) is 0.831. The summed E-state index contributed by atoms with van der Waals surface area (Å²) in [6.45, 7) is 0.964. The van der Waals surface area contributed by atoms with E-state index >= 15 is 0 Å². The Bertz CT molecular complexity index is 358.